The molecule has 406 valence electrons. The standard InChI is InChI=1S/C78H70BN3S/c1-76(2,3)56-23-25-68(62(35-56)53-15-7-4-8-16-53)81-70-40-61(80(59-19-9-5-10-20-59)60-21-11-6-12-22-60)39-64-66-38-58(78-44-50-30-51(45-78)32-52(31-50)46-78)37-65-63-36-57(77-41-47-27-48(42-77)29-49(28-47)43-77)24-26-69(63)82(74(65)66)79(72(64)70)73-67-33-54-17-13-14-18-55(54)34-71(67)83-75(73)81/h4-26,33-40,47-52H,27-32,41-46H2,1-3H3. The van der Waals surface area contributed by atoms with Crippen LogP contribution in [0.15, 0.2) is 188 Å². The normalized spacial score (nSPS) is 26.0. The summed E-state index contributed by atoms with van der Waals surface area (Å²) in [7, 11) is 0. The minimum absolute atomic E-state index is 0.0442. The second kappa shape index (κ2) is 17.2. The number of hydrogen-bond acceptors (Lipinski definition) is 3. The highest BCUT2D eigenvalue weighted by Gasteiger charge is 2.54. The summed E-state index contributed by atoms with van der Waals surface area (Å²) in [6.07, 6.45) is 16.9. The average molecular weight is 1090 g/mol. The smallest absolute Gasteiger partial charge is 0.334 e. The third-order valence-corrected chi connectivity index (χ3v) is 24.1. The third kappa shape index (κ3) is 6.98. The van der Waals surface area contributed by atoms with Crippen molar-refractivity contribution < 1.29 is 0 Å². The third-order valence-electron chi connectivity index (χ3n) is 22.9. The maximum absolute atomic E-state index is 2.92. The molecule has 4 heterocycles. The Hall–Kier alpha value is -7.34. The number of thiophene rings is 1. The summed E-state index contributed by atoms with van der Waals surface area (Å²) >= 11 is 2.00. The van der Waals surface area contributed by atoms with Gasteiger partial charge in [-0.1, -0.05) is 124 Å². The molecule has 9 aromatic carbocycles. The number of benzene rings is 9. The Labute approximate surface area is 493 Å². The summed E-state index contributed by atoms with van der Waals surface area (Å²) in [5.41, 5.74) is 22.1. The molecule has 0 spiro atoms. The van der Waals surface area contributed by atoms with Gasteiger partial charge >= 0.3 is 6.85 Å². The Morgan fingerprint density at radius 2 is 1.02 bits per heavy atom. The summed E-state index contributed by atoms with van der Waals surface area (Å²) in [4.78, 5) is 5.30. The van der Waals surface area contributed by atoms with Gasteiger partial charge in [0.2, 0.25) is 0 Å². The number of aromatic nitrogens is 1. The minimum atomic E-state index is -0.0746. The number of anilines is 6. The largest absolute Gasteiger partial charge is 0.375 e. The van der Waals surface area contributed by atoms with Crippen LogP contribution in [0.2, 0.25) is 0 Å². The Balaban J connectivity index is 0.968. The zero-order chi connectivity index (χ0) is 54.7. The molecule has 8 saturated carbocycles. The van der Waals surface area contributed by atoms with Gasteiger partial charge in [0.15, 0.2) is 0 Å². The number of hydrogen-bond donors (Lipinski definition) is 0. The van der Waals surface area contributed by atoms with Crippen LogP contribution < -0.4 is 20.7 Å². The van der Waals surface area contributed by atoms with Crippen LogP contribution in [0, 0.1) is 35.5 Å². The lowest BCUT2D eigenvalue weighted by atomic mass is 9.45. The van der Waals surface area contributed by atoms with Crippen molar-refractivity contribution in [2.45, 2.75) is 114 Å². The number of rotatable bonds is 7. The molecule has 0 amide bonds. The molecule has 5 heteroatoms. The van der Waals surface area contributed by atoms with E-state index in [4.69, 9.17) is 0 Å². The van der Waals surface area contributed by atoms with Crippen molar-refractivity contribution in [3.63, 3.8) is 0 Å². The molecule has 0 radical (unpaired) electrons. The van der Waals surface area contributed by atoms with Gasteiger partial charge in [0.05, 0.1) is 10.7 Å². The van der Waals surface area contributed by atoms with E-state index in [0.29, 0.717) is 5.41 Å². The molecule has 3 nitrogen and oxygen atoms in total. The number of para-hydroxylation sites is 2. The average Bonchev–Trinajstić information content (AvgIpc) is 1.81. The topological polar surface area (TPSA) is 11.4 Å². The quantitative estimate of drug-likeness (QED) is 0.147. The second-order valence-electron chi connectivity index (χ2n) is 29.0. The second-order valence-corrected chi connectivity index (χ2v) is 30.0. The molecule has 8 aliphatic carbocycles. The van der Waals surface area contributed by atoms with E-state index in [1.54, 1.807) is 11.1 Å². The molecule has 11 aromatic rings. The van der Waals surface area contributed by atoms with Crippen LogP contribution in [-0.4, -0.2) is 11.3 Å². The Kier molecular flexibility index (Phi) is 9.94. The lowest BCUT2D eigenvalue weighted by Crippen LogP contribution is -2.56. The molecule has 0 saturated heterocycles. The van der Waals surface area contributed by atoms with Crippen molar-refractivity contribution in [3.05, 3.63) is 205 Å². The van der Waals surface area contributed by atoms with Crippen LogP contribution >= 0.6 is 11.3 Å². The predicted molar refractivity (Wildman–Crippen MR) is 351 cm³/mol. The van der Waals surface area contributed by atoms with E-state index in [1.165, 1.54) is 181 Å². The van der Waals surface area contributed by atoms with E-state index in [1.807, 2.05) is 11.3 Å². The van der Waals surface area contributed by atoms with Gasteiger partial charge in [-0.15, -0.1) is 11.3 Å². The summed E-state index contributed by atoms with van der Waals surface area (Å²) in [6.45, 7) is 7.01. The first-order valence-electron chi connectivity index (χ1n) is 31.8. The van der Waals surface area contributed by atoms with Crippen LogP contribution in [0.3, 0.4) is 0 Å². The fourth-order valence-electron chi connectivity index (χ4n) is 20.3. The minimum Gasteiger partial charge on any atom is -0.375 e. The van der Waals surface area contributed by atoms with Crippen molar-refractivity contribution >= 4 is 105 Å². The summed E-state index contributed by atoms with van der Waals surface area (Å²) < 4.78 is 4.26. The first-order valence-corrected chi connectivity index (χ1v) is 32.6. The monoisotopic (exact) mass is 1090 g/mol. The van der Waals surface area contributed by atoms with E-state index in [9.17, 15) is 0 Å². The van der Waals surface area contributed by atoms with Crippen molar-refractivity contribution in [2.75, 3.05) is 9.80 Å². The lowest BCUT2D eigenvalue weighted by Gasteiger charge is -2.57. The molecule has 0 unspecified atom stereocenters. The first kappa shape index (κ1) is 48.1. The molecule has 0 N–H and O–H groups in total. The Bertz CT molecular complexity index is 4410. The van der Waals surface area contributed by atoms with E-state index >= 15 is 0 Å². The number of nitrogens with zero attached hydrogens (tertiary/aromatic N) is 3. The summed E-state index contributed by atoms with van der Waals surface area (Å²) in [5.74, 6) is 5.22. The van der Waals surface area contributed by atoms with E-state index < -0.39 is 0 Å². The molecule has 2 aliphatic heterocycles. The van der Waals surface area contributed by atoms with Crippen LogP contribution in [-0.2, 0) is 16.2 Å². The van der Waals surface area contributed by atoms with Gasteiger partial charge < -0.3 is 14.3 Å². The maximum atomic E-state index is 2.92. The Morgan fingerprint density at radius 1 is 0.458 bits per heavy atom. The fourth-order valence-corrected chi connectivity index (χ4v) is 21.6. The fraction of sp³-hybridized carbons (Fsp3) is 0.308. The molecular weight excluding hydrogens is 1020 g/mol. The highest BCUT2D eigenvalue weighted by atomic mass is 32.1. The maximum Gasteiger partial charge on any atom is 0.334 e. The first-order chi connectivity index (χ1) is 40.6. The van der Waals surface area contributed by atoms with E-state index in [-0.39, 0.29) is 17.7 Å². The Morgan fingerprint density at radius 3 is 1.64 bits per heavy atom. The molecule has 10 aliphatic rings. The van der Waals surface area contributed by atoms with Crippen LogP contribution in [0.4, 0.5) is 33.4 Å². The molecule has 0 atom stereocenters. The van der Waals surface area contributed by atoms with Crippen molar-refractivity contribution in [1.29, 1.82) is 0 Å². The van der Waals surface area contributed by atoms with Gasteiger partial charge in [-0.05, 0) is 269 Å². The zero-order valence-corrected chi connectivity index (χ0v) is 49.0. The predicted octanol–water partition coefficient (Wildman–Crippen LogP) is 19.9. The summed E-state index contributed by atoms with van der Waals surface area (Å²) in [5, 5.41) is 8.27. The number of fused-ring (bicyclic) bond motifs is 10. The zero-order valence-electron chi connectivity index (χ0n) is 48.2. The molecule has 21 rings (SSSR count). The summed E-state index contributed by atoms with van der Waals surface area (Å²) in [6, 6.07) is 74.2. The van der Waals surface area contributed by atoms with Crippen molar-refractivity contribution in [3.8, 4) is 22.3 Å². The van der Waals surface area contributed by atoms with E-state index in [2.05, 4.69) is 223 Å². The van der Waals surface area contributed by atoms with Gasteiger partial charge in [0, 0.05) is 60.4 Å². The molecule has 8 fully saturated rings. The highest BCUT2D eigenvalue weighted by Crippen LogP contribution is 2.64. The van der Waals surface area contributed by atoms with Gasteiger partial charge in [0.25, 0.3) is 0 Å². The van der Waals surface area contributed by atoms with Gasteiger partial charge in [-0.2, -0.15) is 0 Å². The van der Waals surface area contributed by atoms with Gasteiger partial charge in [-0.25, -0.2) is 0 Å². The lowest BCUT2D eigenvalue weighted by molar-refractivity contribution is -0.00527. The van der Waals surface area contributed by atoms with Crippen molar-refractivity contribution in [1.82, 2.24) is 4.48 Å². The van der Waals surface area contributed by atoms with Crippen molar-refractivity contribution in [2.24, 2.45) is 35.5 Å². The van der Waals surface area contributed by atoms with Gasteiger partial charge in [-0.3, -0.25) is 0 Å². The SMILES string of the molecule is CC(C)(C)c1ccc(N2c3cc(N(c4ccccc4)c4ccccc4)cc4c3B(c3c2sc2cc5ccccc5cc32)n2c3ccc(C56CC7CC(CC(C7)C5)C6)cc3c3cc(C56CC7CC(CC(C7)C5)C6)cc-4c32)c(-c2ccccc2)c1. The molecule has 8 bridgehead atoms. The molecule has 83 heavy (non-hydrogen) atoms. The van der Waals surface area contributed by atoms with Crippen LogP contribution in [0.5, 0.6) is 0 Å². The van der Waals surface area contributed by atoms with Crippen LogP contribution in [0.1, 0.15) is 115 Å². The molecular formula is C78H70BN3S. The van der Waals surface area contributed by atoms with E-state index in [0.717, 1.165) is 46.9 Å². The van der Waals surface area contributed by atoms with Crippen LogP contribution in [0.25, 0.3) is 64.9 Å². The molecule has 2 aromatic heterocycles. The highest BCUT2D eigenvalue weighted by molar-refractivity contribution is 7.26. The van der Waals surface area contributed by atoms with Gasteiger partial charge in [0.1, 0.15) is 0 Å².